The number of rotatable bonds is 2. The zero-order valence-electron chi connectivity index (χ0n) is 13.5. The van der Waals surface area contributed by atoms with Gasteiger partial charge in [0.2, 0.25) is 15.9 Å². The molecule has 0 radical (unpaired) electrons. The Hall–Kier alpha value is -1.60. The summed E-state index contributed by atoms with van der Waals surface area (Å²) in [7, 11) is -3.53. The molecular formula is C16H22N2O4S. The predicted molar refractivity (Wildman–Crippen MR) is 87.2 cm³/mol. The number of piperidine rings is 1. The molecule has 1 unspecified atom stereocenters. The summed E-state index contributed by atoms with van der Waals surface area (Å²) in [5, 5.41) is 0. The van der Waals surface area contributed by atoms with Gasteiger partial charge < -0.3 is 9.64 Å². The van der Waals surface area contributed by atoms with E-state index in [0.717, 1.165) is 19.3 Å². The van der Waals surface area contributed by atoms with Crippen LogP contribution in [-0.2, 0) is 14.8 Å². The van der Waals surface area contributed by atoms with Crippen molar-refractivity contribution >= 4 is 21.6 Å². The number of amides is 1. The average molecular weight is 338 g/mol. The second-order valence-electron chi connectivity index (χ2n) is 6.11. The minimum atomic E-state index is -3.53. The molecule has 0 saturated carbocycles. The molecule has 126 valence electrons. The SMILES string of the molecule is CC(=O)N1CCOc2cc(S(=O)(=O)N3CCCCC3C)ccc21. The van der Waals surface area contributed by atoms with Crippen molar-refractivity contribution < 1.29 is 17.9 Å². The molecule has 0 spiro atoms. The van der Waals surface area contributed by atoms with Crippen molar-refractivity contribution in [3.63, 3.8) is 0 Å². The highest BCUT2D eigenvalue weighted by molar-refractivity contribution is 7.89. The zero-order chi connectivity index (χ0) is 16.6. The van der Waals surface area contributed by atoms with Crippen LogP contribution >= 0.6 is 0 Å². The van der Waals surface area contributed by atoms with Crippen LogP contribution in [0.3, 0.4) is 0 Å². The molecule has 1 aromatic carbocycles. The molecule has 1 fully saturated rings. The van der Waals surface area contributed by atoms with Gasteiger partial charge in [-0.15, -0.1) is 0 Å². The van der Waals surface area contributed by atoms with Gasteiger partial charge in [-0.25, -0.2) is 8.42 Å². The second-order valence-corrected chi connectivity index (χ2v) is 8.00. The number of carbonyl (C=O) groups is 1. The highest BCUT2D eigenvalue weighted by Crippen LogP contribution is 2.35. The number of hydrogen-bond acceptors (Lipinski definition) is 4. The number of ether oxygens (including phenoxy) is 1. The molecule has 23 heavy (non-hydrogen) atoms. The summed E-state index contributed by atoms with van der Waals surface area (Å²) >= 11 is 0. The van der Waals surface area contributed by atoms with E-state index in [1.165, 1.54) is 6.92 Å². The van der Waals surface area contributed by atoms with Crippen molar-refractivity contribution in [3.8, 4) is 5.75 Å². The van der Waals surface area contributed by atoms with Gasteiger partial charge in [0.25, 0.3) is 0 Å². The normalized spacial score (nSPS) is 22.3. The van der Waals surface area contributed by atoms with E-state index in [1.807, 2.05) is 6.92 Å². The molecule has 0 bridgehead atoms. The summed E-state index contributed by atoms with van der Waals surface area (Å²) in [5.41, 5.74) is 0.634. The number of carbonyl (C=O) groups excluding carboxylic acids is 1. The zero-order valence-corrected chi connectivity index (χ0v) is 14.3. The Bertz CT molecular complexity index is 717. The first-order valence-electron chi connectivity index (χ1n) is 7.98. The van der Waals surface area contributed by atoms with E-state index in [-0.39, 0.29) is 16.8 Å². The second kappa shape index (κ2) is 6.13. The lowest BCUT2D eigenvalue weighted by atomic mass is 10.1. The maximum Gasteiger partial charge on any atom is 0.243 e. The van der Waals surface area contributed by atoms with Crippen molar-refractivity contribution in [1.82, 2.24) is 4.31 Å². The maximum absolute atomic E-state index is 12.9. The summed E-state index contributed by atoms with van der Waals surface area (Å²) in [4.78, 5) is 13.5. The maximum atomic E-state index is 12.9. The molecule has 6 nitrogen and oxygen atoms in total. The van der Waals surface area contributed by atoms with Gasteiger partial charge in [-0.1, -0.05) is 6.42 Å². The van der Waals surface area contributed by atoms with Crippen molar-refractivity contribution in [2.24, 2.45) is 0 Å². The molecule has 7 heteroatoms. The van der Waals surface area contributed by atoms with Gasteiger partial charge >= 0.3 is 0 Å². The summed E-state index contributed by atoms with van der Waals surface area (Å²) in [6, 6.07) is 4.79. The van der Waals surface area contributed by atoms with Crippen LogP contribution in [0.15, 0.2) is 23.1 Å². The number of fused-ring (bicyclic) bond motifs is 1. The summed E-state index contributed by atoms with van der Waals surface area (Å²) in [6.07, 6.45) is 2.84. The van der Waals surface area contributed by atoms with Gasteiger partial charge in [-0.2, -0.15) is 4.31 Å². The van der Waals surface area contributed by atoms with Crippen molar-refractivity contribution in [3.05, 3.63) is 18.2 Å². The Morgan fingerprint density at radius 3 is 2.74 bits per heavy atom. The monoisotopic (exact) mass is 338 g/mol. The van der Waals surface area contributed by atoms with E-state index in [9.17, 15) is 13.2 Å². The average Bonchev–Trinajstić information content (AvgIpc) is 2.53. The van der Waals surface area contributed by atoms with Gasteiger partial charge in [0.15, 0.2) is 0 Å². The van der Waals surface area contributed by atoms with Crippen LogP contribution in [0, 0.1) is 0 Å². The fraction of sp³-hybridized carbons (Fsp3) is 0.562. The molecule has 2 aliphatic heterocycles. The molecule has 3 rings (SSSR count). The third-order valence-corrected chi connectivity index (χ3v) is 6.53. The van der Waals surface area contributed by atoms with Crippen molar-refractivity contribution in [2.75, 3.05) is 24.6 Å². The molecule has 0 aromatic heterocycles. The van der Waals surface area contributed by atoms with Crippen LogP contribution in [0.2, 0.25) is 0 Å². The smallest absolute Gasteiger partial charge is 0.243 e. The van der Waals surface area contributed by atoms with E-state index >= 15 is 0 Å². The minimum absolute atomic E-state index is 0.0134. The topological polar surface area (TPSA) is 66.9 Å². The first-order valence-corrected chi connectivity index (χ1v) is 9.42. The molecule has 1 atom stereocenters. The first-order chi connectivity index (χ1) is 10.9. The largest absolute Gasteiger partial charge is 0.489 e. The van der Waals surface area contributed by atoms with E-state index in [0.29, 0.717) is 31.1 Å². The number of sulfonamides is 1. The molecule has 1 amide bonds. The first kappa shape index (κ1) is 16.3. The van der Waals surface area contributed by atoms with Crippen LogP contribution in [0.1, 0.15) is 33.1 Å². The molecular weight excluding hydrogens is 316 g/mol. The molecule has 0 aliphatic carbocycles. The lowest BCUT2D eigenvalue weighted by Gasteiger charge is -2.33. The Morgan fingerprint density at radius 2 is 2.04 bits per heavy atom. The fourth-order valence-electron chi connectivity index (χ4n) is 3.25. The summed E-state index contributed by atoms with van der Waals surface area (Å²) in [6.45, 7) is 4.85. The third-order valence-electron chi connectivity index (χ3n) is 4.52. The molecule has 2 aliphatic rings. The molecule has 2 heterocycles. The third kappa shape index (κ3) is 2.95. The van der Waals surface area contributed by atoms with Crippen molar-refractivity contribution in [2.45, 2.75) is 44.0 Å². The highest BCUT2D eigenvalue weighted by Gasteiger charge is 2.32. The van der Waals surface area contributed by atoms with Gasteiger partial charge in [0.05, 0.1) is 17.1 Å². The van der Waals surface area contributed by atoms with Crippen molar-refractivity contribution in [1.29, 1.82) is 0 Å². The lowest BCUT2D eigenvalue weighted by Crippen LogP contribution is -2.42. The summed E-state index contributed by atoms with van der Waals surface area (Å²) in [5.74, 6) is 0.381. The van der Waals surface area contributed by atoms with Crippen LogP contribution < -0.4 is 9.64 Å². The van der Waals surface area contributed by atoms with Crippen LogP contribution in [0.5, 0.6) is 5.75 Å². The Balaban J connectivity index is 1.96. The molecule has 0 N–H and O–H groups in total. The highest BCUT2D eigenvalue weighted by atomic mass is 32.2. The van der Waals surface area contributed by atoms with E-state index < -0.39 is 10.0 Å². The Kier molecular flexibility index (Phi) is 4.33. The summed E-state index contributed by atoms with van der Waals surface area (Å²) < 4.78 is 32.9. The minimum Gasteiger partial charge on any atom is -0.489 e. The lowest BCUT2D eigenvalue weighted by molar-refractivity contribution is -0.116. The Morgan fingerprint density at radius 1 is 1.26 bits per heavy atom. The number of hydrogen-bond donors (Lipinski definition) is 0. The van der Waals surface area contributed by atoms with Gasteiger partial charge in [-0.05, 0) is 31.9 Å². The van der Waals surface area contributed by atoms with E-state index in [4.69, 9.17) is 4.74 Å². The van der Waals surface area contributed by atoms with E-state index in [1.54, 1.807) is 27.4 Å². The molecule has 1 aromatic rings. The van der Waals surface area contributed by atoms with Crippen LogP contribution in [-0.4, -0.2) is 44.4 Å². The number of anilines is 1. The van der Waals surface area contributed by atoms with Gasteiger partial charge in [0.1, 0.15) is 12.4 Å². The van der Waals surface area contributed by atoms with Gasteiger partial charge in [0, 0.05) is 25.6 Å². The quantitative estimate of drug-likeness (QED) is 0.827. The van der Waals surface area contributed by atoms with E-state index in [2.05, 4.69) is 0 Å². The van der Waals surface area contributed by atoms with Gasteiger partial charge in [-0.3, -0.25) is 4.79 Å². The Labute approximate surface area is 137 Å². The standard InChI is InChI=1S/C16H22N2O4S/c1-12-5-3-4-8-18(12)23(20,21)14-6-7-15-16(11-14)22-10-9-17(15)13(2)19/h6-7,11-12H,3-5,8-10H2,1-2H3. The van der Waals surface area contributed by atoms with Crippen LogP contribution in [0.25, 0.3) is 0 Å². The number of nitrogens with zero attached hydrogens (tertiary/aromatic N) is 2. The van der Waals surface area contributed by atoms with Crippen LogP contribution in [0.4, 0.5) is 5.69 Å². The molecule has 1 saturated heterocycles. The fourth-order valence-corrected chi connectivity index (χ4v) is 4.97. The predicted octanol–water partition coefficient (Wildman–Crippen LogP) is 1.99. The number of benzene rings is 1.